The molecule has 1 aromatic carbocycles. The number of aromatic nitrogens is 4. The molecule has 0 unspecified atom stereocenters. The number of halogens is 1. The molecule has 7 nitrogen and oxygen atoms in total. The van der Waals surface area contributed by atoms with E-state index in [1.807, 2.05) is 6.07 Å². The third-order valence-electron chi connectivity index (χ3n) is 4.29. The van der Waals surface area contributed by atoms with Crippen LogP contribution in [-0.4, -0.2) is 25.7 Å². The van der Waals surface area contributed by atoms with Crippen molar-refractivity contribution in [3.63, 3.8) is 0 Å². The molecule has 4 rings (SSSR count). The molecule has 0 aliphatic rings. The third-order valence-corrected chi connectivity index (χ3v) is 4.29. The van der Waals surface area contributed by atoms with Gasteiger partial charge in [-0.25, -0.2) is 19.0 Å². The van der Waals surface area contributed by atoms with Gasteiger partial charge in [-0.2, -0.15) is 5.10 Å². The number of hydrogen-bond donors (Lipinski definition) is 0. The number of ether oxygens (including phenoxy) is 1. The third kappa shape index (κ3) is 3.36. The Labute approximate surface area is 159 Å². The molecule has 0 amide bonds. The Kier molecular flexibility index (Phi) is 4.60. The van der Waals surface area contributed by atoms with E-state index in [0.717, 1.165) is 5.39 Å². The Morgan fingerprint density at radius 1 is 1.25 bits per heavy atom. The van der Waals surface area contributed by atoms with Gasteiger partial charge in [-0.1, -0.05) is 18.2 Å². The molecule has 0 saturated heterocycles. The summed E-state index contributed by atoms with van der Waals surface area (Å²) in [5.74, 6) is 0.0382. The first-order chi connectivity index (χ1) is 13.5. The van der Waals surface area contributed by atoms with Crippen LogP contribution < -0.4 is 0 Å². The quantitative estimate of drug-likeness (QED) is 0.492. The van der Waals surface area contributed by atoms with E-state index in [9.17, 15) is 9.18 Å². The molecule has 0 bridgehead atoms. The first kappa shape index (κ1) is 17.8. The number of oxazole rings is 1. The number of rotatable bonds is 5. The molecule has 0 radical (unpaired) electrons. The van der Waals surface area contributed by atoms with Crippen LogP contribution in [0, 0.1) is 12.7 Å². The lowest BCUT2D eigenvalue weighted by Crippen LogP contribution is -2.04. The summed E-state index contributed by atoms with van der Waals surface area (Å²) in [6, 6.07) is 10.2. The zero-order valence-electron chi connectivity index (χ0n) is 15.3. The summed E-state index contributed by atoms with van der Waals surface area (Å²) < 4.78 is 26.5. The molecule has 0 fully saturated rings. The lowest BCUT2D eigenvalue weighted by Gasteiger charge is -2.04. The Morgan fingerprint density at radius 3 is 2.86 bits per heavy atom. The Balaban J connectivity index is 1.76. The molecule has 28 heavy (non-hydrogen) atoms. The van der Waals surface area contributed by atoms with Crippen LogP contribution in [0.25, 0.3) is 22.6 Å². The van der Waals surface area contributed by atoms with Crippen LogP contribution >= 0.6 is 0 Å². The maximum atomic E-state index is 14.1. The van der Waals surface area contributed by atoms with Gasteiger partial charge < -0.3 is 9.15 Å². The summed E-state index contributed by atoms with van der Waals surface area (Å²) in [7, 11) is 0. The lowest BCUT2D eigenvalue weighted by molar-refractivity contribution is -0.142. The van der Waals surface area contributed by atoms with Gasteiger partial charge in [0.05, 0.1) is 17.6 Å². The zero-order chi connectivity index (χ0) is 19.7. The summed E-state index contributed by atoms with van der Waals surface area (Å²) in [4.78, 5) is 19.8. The van der Waals surface area contributed by atoms with Gasteiger partial charge in [0.15, 0.2) is 23.7 Å². The Bertz CT molecular complexity index is 1170. The van der Waals surface area contributed by atoms with Crippen molar-refractivity contribution in [3.8, 4) is 11.6 Å². The van der Waals surface area contributed by atoms with Gasteiger partial charge in [-0.05, 0) is 25.1 Å². The Hall–Kier alpha value is -3.55. The molecule has 4 aromatic rings. The molecular formula is C20H17FN4O3. The summed E-state index contributed by atoms with van der Waals surface area (Å²) in [6.07, 6.45) is 1.65. The number of pyridine rings is 1. The number of esters is 1. The second-order valence-electron chi connectivity index (χ2n) is 6.28. The van der Waals surface area contributed by atoms with Gasteiger partial charge in [0.1, 0.15) is 5.82 Å². The van der Waals surface area contributed by atoms with Crippen LogP contribution in [0.3, 0.4) is 0 Å². The highest BCUT2D eigenvalue weighted by atomic mass is 19.1. The van der Waals surface area contributed by atoms with Gasteiger partial charge >= 0.3 is 5.97 Å². The second-order valence-corrected chi connectivity index (χ2v) is 6.28. The zero-order valence-corrected chi connectivity index (χ0v) is 15.3. The smallest absolute Gasteiger partial charge is 0.303 e. The normalized spacial score (nSPS) is 11.1. The van der Waals surface area contributed by atoms with Crippen molar-refractivity contribution in [1.82, 2.24) is 19.7 Å². The second kappa shape index (κ2) is 7.22. The van der Waals surface area contributed by atoms with Crippen molar-refractivity contribution < 1.29 is 18.3 Å². The number of carbonyl (C=O) groups is 1. The number of benzene rings is 1. The fraction of sp³-hybridized carbons (Fsp3) is 0.200. The standard InChI is InChI=1S/C20H17FN4O3/c1-12-17(11-27-13(2)26)28-20(23-12)18-15-7-5-9-22-19(15)25(24-18)10-14-6-3-4-8-16(14)21/h3-9H,10-11H2,1-2H3. The van der Waals surface area contributed by atoms with Crippen molar-refractivity contribution in [2.24, 2.45) is 0 Å². The highest BCUT2D eigenvalue weighted by Gasteiger charge is 2.20. The van der Waals surface area contributed by atoms with E-state index in [4.69, 9.17) is 9.15 Å². The van der Waals surface area contributed by atoms with Crippen molar-refractivity contribution in [2.45, 2.75) is 27.0 Å². The summed E-state index contributed by atoms with van der Waals surface area (Å²) >= 11 is 0. The number of carbonyl (C=O) groups excluding carboxylic acids is 1. The highest BCUT2D eigenvalue weighted by Crippen LogP contribution is 2.28. The summed E-state index contributed by atoms with van der Waals surface area (Å²) in [6.45, 7) is 3.32. The van der Waals surface area contributed by atoms with Crippen molar-refractivity contribution >= 4 is 17.0 Å². The minimum Gasteiger partial charge on any atom is -0.458 e. The van der Waals surface area contributed by atoms with Crippen molar-refractivity contribution in [1.29, 1.82) is 0 Å². The molecule has 8 heteroatoms. The average molecular weight is 380 g/mol. The van der Waals surface area contributed by atoms with E-state index in [0.29, 0.717) is 34.2 Å². The average Bonchev–Trinajstić information content (AvgIpc) is 3.23. The predicted octanol–water partition coefficient (Wildman–Crippen LogP) is 3.65. The lowest BCUT2D eigenvalue weighted by atomic mass is 10.2. The molecule has 0 aliphatic heterocycles. The monoisotopic (exact) mass is 380 g/mol. The number of fused-ring (bicyclic) bond motifs is 1. The van der Waals surface area contributed by atoms with Crippen molar-refractivity contribution in [2.75, 3.05) is 0 Å². The first-order valence-corrected chi connectivity index (χ1v) is 8.68. The van der Waals surface area contributed by atoms with Gasteiger partial charge in [0.2, 0.25) is 5.89 Å². The van der Waals surface area contributed by atoms with Crippen LogP contribution in [0.2, 0.25) is 0 Å². The predicted molar refractivity (Wildman–Crippen MR) is 98.7 cm³/mol. The van der Waals surface area contributed by atoms with E-state index in [1.165, 1.54) is 13.0 Å². The molecule has 0 aliphatic carbocycles. The Morgan fingerprint density at radius 2 is 2.07 bits per heavy atom. The minimum atomic E-state index is -0.402. The molecule has 0 spiro atoms. The molecule has 0 N–H and O–H groups in total. The largest absolute Gasteiger partial charge is 0.458 e. The molecule has 0 saturated carbocycles. The van der Waals surface area contributed by atoms with Gasteiger partial charge in [-0.3, -0.25) is 4.79 Å². The molecule has 142 valence electrons. The van der Waals surface area contributed by atoms with Crippen LogP contribution in [0.15, 0.2) is 47.0 Å². The van der Waals surface area contributed by atoms with E-state index in [1.54, 1.807) is 42.1 Å². The summed E-state index contributed by atoms with van der Waals surface area (Å²) in [5.41, 5.74) is 2.20. The molecule has 0 atom stereocenters. The summed E-state index contributed by atoms with van der Waals surface area (Å²) in [5, 5.41) is 5.30. The maximum absolute atomic E-state index is 14.1. The van der Waals surface area contributed by atoms with Crippen LogP contribution in [0.4, 0.5) is 4.39 Å². The number of hydrogen-bond acceptors (Lipinski definition) is 6. The fourth-order valence-corrected chi connectivity index (χ4v) is 2.90. The SMILES string of the molecule is CC(=O)OCc1oc(-c2nn(Cc3ccccc3F)c3ncccc23)nc1C. The van der Waals surface area contributed by atoms with Crippen LogP contribution in [0.5, 0.6) is 0 Å². The number of nitrogens with zero attached hydrogens (tertiary/aromatic N) is 4. The number of aryl methyl sites for hydroxylation is 1. The van der Waals surface area contributed by atoms with Crippen LogP contribution in [-0.2, 0) is 22.7 Å². The first-order valence-electron chi connectivity index (χ1n) is 8.68. The van der Waals surface area contributed by atoms with E-state index in [2.05, 4.69) is 15.1 Å². The fourth-order valence-electron chi connectivity index (χ4n) is 2.90. The van der Waals surface area contributed by atoms with Gasteiger partial charge in [-0.15, -0.1) is 0 Å². The van der Waals surface area contributed by atoms with E-state index in [-0.39, 0.29) is 19.0 Å². The van der Waals surface area contributed by atoms with Gasteiger partial charge in [0.25, 0.3) is 0 Å². The minimum absolute atomic E-state index is 0.000282. The molecule has 3 heterocycles. The topological polar surface area (TPSA) is 83.0 Å². The van der Waals surface area contributed by atoms with Crippen LogP contribution in [0.1, 0.15) is 23.9 Å². The van der Waals surface area contributed by atoms with Gasteiger partial charge in [0, 0.05) is 18.7 Å². The van der Waals surface area contributed by atoms with E-state index >= 15 is 0 Å². The molecule has 3 aromatic heterocycles. The van der Waals surface area contributed by atoms with E-state index < -0.39 is 5.97 Å². The maximum Gasteiger partial charge on any atom is 0.303 e. The van der Waals surface area contributed by atoms with Crippen molar-refractivity contribution in [3.05, 3.63) is 65.4 Å². The highest BCUT2D eigenvalue weighted by molar-refractivity contribution is 5.88. The molecular weight excluding hydrogens is 363 g/mol.